The van der Waals surface area contributed by atoms with Crippen LogP contribution in [0.25, 0.3) is 0 Å². The maximum atomic E-state index is 6.32. The molecule has 0 heteroatoms. The maximum absolute atomic E-state index is 6.32. The van der Waals surface area contributed by atoms with Gasteiger partial charge in [0, 0.05) is 0 Å². The Bertz CT molecular complexity index is 91.1. The second kappa shape index (κ2) is 4.04. The highest BCUT2D eigenvalue weighted by Crippen LogP contribution is 1.65. The Morgan fingerprint density at radius 3 is 2.50 bits per heavy atom. The molecular formula is C6H5. The largest absolute Gasteiger partial charge is 0.0990 e. The van der Waals surface area contributed by atoms with E-state index < -0.39 is 0 Å². The van der Waals surface area contributed by atoms with Gasteiger partial charge in [0.25, 0.3) is 0 Å². The van der Waals surface area contributed by atoms with Crippen LogP contribution >= 0.6 is 0 Å². The summed E-state index contributed by atoms with van der Waals surface area (Å²) >= 11 is 0. The van der Waals surface area contributed by atoms with Crippen molar-refractivity contribution in [1.82, 2.24) is 0 Å². The Morgan fingerprint density at radius 2 is 2.33 bits per heavy atom. The van der Waals surface area contributed by atoms with Crippen LogP contribution in [0.3, 0.4) is 0 Å². The zero-order valence-electron chi connectivity index (χ0n) is 3.44. The SMILES string of the molecule is [C]#CC=CC=C. The number of rotatable bonds is 1. The predicted molar refractivity (Wildman–Crippen MR) is 26.5 cm³/mol. The molecule has 0 atom stereocenters. The van der Waals surface area contributed by atoms with E-state index in [1.807, 2.05) is 0 Å². The van der Waals surface area contributed by atoms with Gasteiger partial charge in [0.1, 0.15) is 0 Å². The first kappa shape index (κ1) is 5.04. The minimum Gasteiger partial charge on any atom is -0.0990 e. The molecule has 0 aromatic heterocycles. The molecule has 0 unspecified atom stereocenters. The molecule has 0 fully saturated rings. The van der Waals surface area contributed by atoms with Crippen molar-refractivity contribution in [3.05, 3.63) is 31.2 Å². The van der Waals surface area contributed by atoms with Crippen LogP contribution in [0.4, 0.5) is 0 Å². The van der Waals surface area contributed by atoms with Crippen molar-refractivity contribution >= 4 is 0 Å². The molecule has 0 aliphatic rings. The first-order chi connectivity index (χ1) is 2.91. The summed E-state index contributed by atoms with van der Waals surface area (Å²) in [5, 5.41) is 0. The van der Waals surface area contributed by atoms with Gasteiger partial charge in [0.2, 0.25) is 0 Å². The van der Waals surface area contributed by atoms with Crippen molar-refractivity contribution in [1.29, 1.82) is 0 Å². The van der Waals surface area contributed by atoms with E-state index in [9.17, 15) is 0 Å². The van der Waals surface area contributed by atoms with E-state index in [1.165, 1.54) is 6.08 Å². The Hall–Kier alpha value is -0.960. The van der Waals surface area contributed by atoms with Gasteiger partial charge in [-0.2, -0.15) is 0 Å². The summed E-state index contributed by atoms with van der Waals surface area (Å²) in [6, 6.07) is 0. The molecule has 0 nitrogen and oxygen atoms in total. The molecule has 0 saturated heterocycles. The van der Waals surface area contributed by atoms with E-state index in [1.54, 1.807) is 12.2 Å². The van der Waals surface area contributed by atoms with Gasteiger partial charge in [0.15, 0.2) is 0 Å². The highest BCUT2D eigenvalue weighted by atomic mass is 13.5. The number of hydrogen-bond acceptors (Lipinski definition) is 0. The second-order valence-corrected chi connectivity index (χ2v) is 0.739. The Balaban J connectivity index is 3.26. The third-order valence-electron chi connectivity index (χ3n) is 0.316. The van der Waals surface area contributed by atoms with Gasteiger partial charge < -0.3 is 0 Å². The van der Waals surface area contributed by atoms with Crippen LogP contribution in [-0.4, -0.2) is 0 Å². The molecule has 0 rings (SSSR count). The van der Waals surface area contributed by atoms with E-state index >= 15 is 0 Å². The minimum absolute atomic E-state index is 1.48. The highest BCUT2D eigenvalue weighted by molar-refractivity contribution is 5.10. The van der Waals surface area contributed by atoms with E-state index in [0.29, 0.717) is 0 Å². The molecule has 0 aliphatic heterocycles. The van der Waals surface area contributed by atoms with Crippen molar-refractivity contribution in [2.75, 3.05) is 0 Å². The minimum atomic E-state index is 1.48. The monoisotopic (exact) mass is 77.0 g/mol. The van der Waals surface area contributed by atoms with E-state index in [2.05, 4.69) is 12.5 Å². The molecule has 0 bridgehead atoms. The average molecular weight is 77.1 g/mol. The molecule has 0 aromatic carbocycles. The van der Waals surface area contributed by atoms with E-state index in [4.69, 9.17) is 6.42 Å². The fourth-order valence-electron chi connectivity index (χ4n) is 0.116. The summed E-state index contributed by atoms with van der Waals surface area (Å²) < 4.78 is 0. The van der Waals surface area contributed by atoms with Crippen LogP contribution in [0.15, 0.2) is 24.8 Å². The van der Waals surface area contributed by atoms with Gasteiger partial charge in [0.05, 0.1) is 0 Å². The fourth-order valence-corrected chi connectivity index (χ4v) is 0.116. The summed E-state index contributed by atoms with van der Waals surface area (Å²) in [7, 11) is 0. The summed E-state index contributed by atoms with van der Waals surface area (Å²) in [5.74, 6) is 2.07. The smallest absolute Gasteiger partial charge is 0.0102 e. The lowest BCUT2D eigenvalue weighted by molar-refractivity contribution is 2.04. The van der Waals surface area contributed by atoms with Gasteiger partial charge in [-0.15, -0.1) is 0 Å². The Morgan fingerprint density at radius 1 is 1.67 bits per heavy atom. The third-order valence-corrected chi connectivity index (χ3v) is 0.316. The molecule has 0 aliphatic carbocycles. The maximum Gasteiger partial charge on any atom is -0.0102 e. The number of allylic oxidation sites excluding steroid dienone is 3. The summed E-state index contributed by atoms with van der Waals surface area (Å²) in [6.07, 6.45) is 11.0. The van der Waals surface area contributed by atoms with Gasteiger partial charge >= 0.3 is 0 Å². The standard InChI is InChI=1S/C6H5/c1-3-5-6-4-2/h3,5-6H,1H2. The lowest BCUT2D eigenvalue weighted by atomic mass is 10.5. The van der Waals surface area contributed by atoms with Gasteiger partial charge in [-0.3, -0.25) is 0 Å². The molecule has 0 N–H and O–H groups in total. The normalized spacial score (nSPS) is 7.83. The molecular weight excluding hydrogens is 72.1 g/mol. The fraction of sp³-hybridized carbons (Fsp3) is 0. The molecule has 0 saturated carbocycles. The van der Waals surface area contributed by atoms with Crippen molar-refractivity contribution in [3.8, 4) is 5.92 Å². The second-order valence-electron chi connectivity index (χ2n) is 0.739. The average Bonchev–Trinajstić information content (AvgIpc) is 1.61. The summed E-state index contributed by atoms with van der Waals surface area (Å²) in [4.78, 5) is 0. The molecule has 0 heterocycles. The Kier molecular flexibility index (Phi) is 3.39. The quantitative estimate of drug-likeness (QED) is 0.327. The molecule has 6 heavy (non-hydrogen) atoms. The molecule has 1 radical (unpaired) electrons. The van der Waals surface area contributed by atoms with Crippen molar-refractivity contribution in [2.24, 2.45) is 0 Å². The topological polar surface area (TPSA) is 0 Å². The van der Waals surface area contributed by atoms with Crippen LogP contribution in [0.2, 0.25) is 0 Å². The van der Waals surface area contributed by atoms with E-state index in [0.717, 1.165) is 0 Å². The summed E-state index contributed by atoms with van der Waals surface area (Å²) in [6.45, 7) is 3.39. The van der Waals surface area contributed by atoms with Crippen molar-refractivity contribution in [2.45, 2.75) is 0 Å². The molecule has 0 amide bonds. The number of hydrogen-bond donors (Lipinski definition) is 0. The molecule has 0 spiro atoms. The first-order valence-corrected chi connectivity index (χ1v) is 1.61. The summed E-state index contributed by atoms with van der Waals surface area (Å²) in [5.41, 5.74) is 0. The van der Waals surface area contributed by atoms with Crippen molar-refractivity contribution < 1.29 is 0 Å². The molecule has 0 aromatic rings. The predicted octanol–water partition coefficient (Wildman–Crippen LogP) is 1.32. The third kappa shape index (κ3) is 3.04. The van der Waals surface area contributed by atoms with Gasteiger partial charge in [-0.1, -0.05) is 24.7 Å². The Labute approximate surface area is 38.2 Å². The van der Waals surface area contributed by atoms with Gasteiger partial charge in [-0.25, -0.2) is 0 Å². The zero-order chi connectivity index (χ0) is 4.83. The van der Waals surface area contributed by atoms with Crippen LogP contribution in [0.5, 0.6) is 0 Å². The van der Waals surface area contributed by atoms with Gasteiger partial charge in [-0.05, 0) is 12.5 Å². The van der Waals surface area contributed by atoms with Crippen LogP contribution in [-0.2, 0) is 0 Å². The van der Waals surface area contributed by atoms with Crippen LogP contribution < -0.4 is 0 Å². The van der Waals surface area contributed by atoms with E-state index in [-0.39, 0.29) is 0 Å². The van der Waals surface area contributed by atoms with Crippen LogP contribution in [0, 0.1) is 12.3 Å². The molecule has 29 valence electrons. The van der Waals surface area contributed by atoms with Crippen LogP contribution in [0.1, 0.15) is 0 Å². The zero-order valence-corrected chi connectivity index (χ0v) is 3.44. The highest BCUT2D eigenvalue weighted by Gasteiger charge is 1.47. The lowest BCUT2D eigenvalue weighted by Gasteiger charge is -1.56. The first-order valence-electron chi connectivity index (χ1n) is 1.61. The van der Waals surface area contributed by atoms with Crippen molar-refractivity contribution in [3.63, 3.8) is 0 Å². The lowest BCUT2D eigenvalue weighted by Crippen LogP contribution is -1.39.